The molecule has 0 unspecified atom stereocenters. The Hall–Kier alpha value is -0.850. The molecule has 0 aromatic heterocycles. The normalized spacial score (nSPS) is 19.0. The van der Waals surface area contributed by atoms with E-state index in [2.05, 4.69) is 0 Å². The maximum Gasteiger partial charge on any atom is 0.159 e. The number of rotatable bonds is 1. The summed E-state index contributed by atoms with van der Waals surface area (Å²) in [6.07, 6.45) is 3.01. The van der Waals surface area contributed by atoms with Gasteiger partial charge in [-0.25, -0.2) is 0 Å². The van der Waals surface area contributed by atoms with Crippen LogP contribution in [0.15, 0.2) is 17.2 Å². The fourth-order valence-corrected chi connectivity index (χ4v) is 1.01. The van der Waals surface area contributed by atoms with Crippen molar-refractivity contribution >= 4 is 5.78 Å². The van der Waals surface area contributed by atoms with Gasteiger partial charge in [0.1, 0.15) is 0 Å². The van der Waals surface area contributed by atoms with Gasteiger partial charge in [0, 0.05) is 6.42 Å². The highest BCUT2D eigenvalue weighted by atomic mass is 16.1. The Balaban J connectivity index is 2.92. The second kappa shape index (κ2) is 2.18. The second-order valence-corrected chi connectivity index (χ2v) is 2.24. The van der Waals surface area contributed by atoms with Gasteiger partial charge in [-0.3, -0.25) is 4.79 Å². The molecule has 1 nitrogen and oxygen atoms in total. The maximum atomic E-state index is 10.8. The molecule has 0 N–H and O–H groups in total. The van der Waals surface area contributed by atoms with Crippen LogP contribution in [-0.4, -0.2) is 5.78 Å². The van der Waals surface area contributed by atoms with Crippen molar-refractivity contribution in [2.75, 3.05) is 0 Å². The monoisotopic (exact) mass is 121 g/mol. The van der Waals surface area contributed by atoms with E-state index in [0.29, 0.717) is 6.42 Å². The van der Waals surface area contributed by atoms with Gasteiger partial charge in [0.15, 0.2) is 5.78 Å². The van der Waals surface area contributed by atoms with Crippen LogP contribution < -0.4 is 0 Å². The van der Waals surface area contributed by atoms with Crippen molar-refractivity contribution in [2.45, 2.75) is 19.8 Å². The van der Waals surface area contributed by atoms with Gasteiger partial charge in [0.25, 0.3) is 0 Å². The molecule has 47 valence electrons. The van der Waals surface area contributed by atoms with E-state index in [0.717, 1.165) is 17.6 Å². The number of hydrogen-bond acceptors (Lipinski definition) is 1. The Morgan fingerprint density at radius 1 is 1.56 bits per heavy atom. The first-order valence-electron chi connectivity index (χ1n) is 3.03. The van der Waals surface area contributed by atoms with E-state index < -0.39 is 0 Å². The first kappa shape index (κ1) is 6.27. The zero-order chi connectivity index (χ0) is 6.85. The SMILES string of the molecule is [CH]=CC1=C(C)C(=O)CC1. The smallest absolute Gasteiger partial charge is 0.159 e. The predicted molar refractivity (Wildman–Crippen MR) is 35.8 cm³/mol. The van der Waals surface area contributed by atoms with Crippen molar-refractivity contribution in [1.82, 2.24) is 0 Å². The van der Waals surface area contributed by atoms with Crippen molar-refractivity contribution in [1.29, 1.82) is 0 Å². The fourth-order valence-electron chi connectivity index (χ4n) is 1.01. The van der Waals surface area contributed by atoms with E-state index in [1.165, 1.54) is 6.08 Å². The number of hydrogen-bond donors (Lipinski definition) is 0. The number of ketones is 1. The first-order valence-corrected chi connectivity index (χ1v) is 3.03. The molecule has 0 aromatic rings. The second-order valence-electron chi connectivity index (χ2n) is 2.24. The highest BCUT2D eigenvalue weighted by Crippen LogP contribution is 2.22. The van der Waals surface area contributed by atoms with E-state index in [9.17, 15) is 4.79 Å². The number of carbonyl (C=O) groups excluding carboxylic acids is 1. The molecule has 0 aromatic carbocycles. The molecule has 0 fully saturated rings. The van der Waals surface area contributed by atoms with Gasteiger partial charge in [-0.2, -0.15) is 0 Å². The molecule has 0 bridgehead atoms. The van der Waals surface area contributed by atoms with Crippen LogP contribution in [0.25, 0.3) is 0 Å². The Bertz CT molecular complexity index is 187. The van der Waals surface area contributed by atoms with E-state index in [1.54, 1.807) is 0 Å². The maximum absolute atomic E-state index is 10.8. The number of carbonyl (C=O) groups is 1. The van der Waals surface area contributed by atoms with Gasteiger partial charge >= 0.3 is 0 Å². The zero-order valence-electron chi connectivity index (χ0n) is 5.48. The summed E-state index contributed by atoms with van der Waals surface area (Å²) >= 11 is 0. The summed E-state index contributed by atoms with van der Waals surface area (Å²) in [5.41, 5.74) is 1.86. The minimum atomic E-state index is 0.242. The average Bonchev–Trinajstić information content (AvgIpc) is 2.15. The molecule has 0 amide bonds. The van der Waals surface area contributed by atoms with Crippen LogP contribution in [0.5, 0.6) is 0 Å². The van der Waals surface area contributed by atoms with Crippen LogP contribution in [0.3, 0.4) is 0 Å². The molecule has 1 rings (SSSR count). The average molecular weight is 121 g/mol. The van der Waals surface area contributed by atoms with Crippen LogP contribution in [0.1, 0.15) is 19.8 Å². The minimum Gasteiger partial charge on any atom is -0.295 e. The van der Waals surface area contributed by atoms with E-state index in [-0.39, 0.29) is 5.78 Å². The van der Waals surface area contributed by atoms with E-state index >= 15 is 0 Å². The van der Waals surface area contributed by atoms with Crippen molar-refractivity contribution in [3.8, 4) is 0 Å². The van der Waals surface area contributed by atoms with Crippen molar-refractivity contribution in [3.63, 3.8) is 0 Å². The molecule has 0 aliphatic heterocycles. The van der Waals surface area contributed by atoms with Gasteiger partial charge in [0.2, 0.25) is 0 Å². The summed E-state index contributed by atoms with van der Waals surface area (Å²) in [6, 6.07) is 0. The van der Waals surface area contributed by atoms with E-state index in [4.69, 9.17) is 6.58 Å². The van der Waals surface area contributed by atoms with Gasteiger partial charge < -0.3 is 0 Å². The molecular formula is C8H9O. The van der Waals surface area contributed by atoms with E-state index in [1.807, 2.05) is 6.92 Å². The first-order chi connectivity index (χ1) is 4.25. The molecule has 0 heterocycles. The summed E-state index contributed by atoms with van der Waals surface area (Å²) < 4.78 is 0. The van der Waals surface area contributed by atoms with Gasteiger partial charge in [0.05, 0.1) is 0 Å². The molecular weight excluding hydrogens is 112 g/mol. The van der Waals surface area contributed by atoms with Gasteiger partial charge in [-0.05, 0) is 24.5 Å². The summed E-state index contributed by atoms with van der Waals surface area (Å²) in [6.45, 7) is 7.08. The van der Waals surface area contributed by atoms with Crippen molar-refractivity contribution in [3.05, 3.63) is 23.8 Å². The van der Waals surface area contributed by atoms with Crippen LogP contribution in [0, 0.1) is 6.58 Å². The molecule has 1 radical (unpaired) electrons. The van der Waals surface area contributed by atoms with Crippen molar-refractivity contribution in [2.24, 2.45) is 0 Å². The predicted octanol–water partition coefficient (Wildman–Crippen LogP) is 1.65. The molecule has 1 aliphatic rings. The summed E-state index contributed by atoms with van der Waals surface area (Å²) in [4.78, 5) is 10.8. The molecule has 9 heavy (non-hydrogen) atoms. The minimum absolute atomic E-state index is 0.242. The molecule has 0 atom stereocenters. The molecule has 0 saturated carbocycles. The third-order valence-corrected chi connectivity index (χ3v) is 1.72. The number of Topliss-reactive ketones (excluding diaryl/α,β-unsaturated/α-hetero) is 1. The molecule has 0 saturated heterocycles. The lowest BCUT2D eigenvalue weighted by Gasteiger charge is -1.88. The topological polar surface area (TPSA) is 17.1 Å². The summed E-state index contributed by atoms with van der Waals surface area (Å²) in [7, 11) is 0. The Labute approximate surface area is 55.1 Å². The Morgan fingerprint density at radius 2 is 2.22 bits per heavy atom. The zero-order valence-corrected chi connectivity index (χ0v) is 5.48. The molecule has 1 aliphatic carbocycles. The lowest BCUT2D eigenvalue weighted by atomic mass is 10.2. The van der Waals surface area contributed by atoms with Crippen LogP contribution in [0.4, 0.5) is 0 Å². The van der Waals surface area contributed by atoms with Gasteiger partial charge in [-0.1, -0.05) is 12.7 Å². The summed E-state index contributed by atoms with van der Waals surface area (Å²) in [5, 5.41) is 0. The standard InChI is InChI=1S/C8H9O/c1-3-7-4-5-8(9)6(7)2/h1,3H,4-5H2,2H3. The number of allylic oxidation sites excluding steroid dienone is 3. The van der Waals surface area contributed by atoms with Gasteiger partial charge in [-0.15, -0.1) is 0 Å². The van der Waals surface area contributed by atoms with Crippen LogP contribution in [0.2, 0.25) is 0 Å². The van der Waals surface area contributed by atoms with Crippen LogP contribution >= 0.6 is 0 Å². The molecule has 0 spiro atoms. The lowest BCUT2D eigenvalue weighted by molar-refractivity contribution is -0.114. The Kier molecular flexibility index (Phi) is 1.52. The highest BCUT2D eigenvalue weighted by Gasteiger charge is 2.15. The lowest BCUT2D eigenvalue weighted by Crippen LogP contribution is -1.89. The fraction of sp³-hybridized carbons (Fsp3) is 0.375. The quantitative estimate of drug-likeness (QED) is 0.515. The largest absolute Gasteiger partial charge is 0.295 e. The molecule has 1 heteroatoms. The highest BCUT2D eigenvalue weighted by molar-refractivity contribution is 5.98. The summed E-state index contributed by atoms with van der Waals surface area (Å²) in [5.74, 6) is 0.242. The third-order valence-electron chi connectivity index (χ3n) is 1.72. The third kappa shape index (κ3) is 0.947. The Morgan fingerprint density at radius 3 is 2.44 bits per heavy atom. The van der Waals surface area contributed by atoms with Crippen molar-refractivity contribution < 1.29 is 4.79 Å². The van der Waals surface area contributed by atoms with Crippen LogP contribution in [-0.2, 0) is 4.79 Å².